The minimum Gasteiger partial charge on any atom is -0.325 e. The Morgan fingerprint density at radius 2 is 1.84 bits per heavy atom. The van der Waals surface area contributed by atoms with Crippen molar-refractivity contribution in [2.45, 2.75) is 6.04 Å². The molecule has 9 heteroatoms. The van der Waals surface area contributed by atoms with Gasteiger partial charge in [-0.05, 0) is 41.0 Å². The van der Waals surface area contributed by atoms with E-state index in [9.17, 15) is 9.70 Å². The van der Waals surface area contributed by atoms with E-state index in [0.29, 0.717) is 15.1 Å². The smallest absolute Gasteiger partial charge is 0.325 e. The second-order valence-corrected chi connectivity index (χ2v) is 7.02. The van der Waals surface area contributed by atoms with E-state index >= 15 is 0 Å². The van der Waals surface area contributed by atoms with Crippen LogP contribution in [0.15, 0.2) is 35.6 Å². The summed E-state index contributed by atoms with van der Waals surface area (Å²) in [5, 5.41) is 7.60. The third-order valence-corrected chi connectivity index (χ3v) is 4.81. The summed E-state index contributed by atoms with van der Waals surface area (Å²) >= 11 is 24.2. The highest BCUT2D eigenvalue weighted by Gasteiger charge is 2.33. The largest absolute Gasteiger partial charge is 0.341 e. The lowest BCUT2D eigenvalue weighted by Crippen LogP contribution is -2.39. The third-order valence-electron chi connectivity index (χ3n) is 3.89. The van der Waals surface area contributed by atoms with Crippen molar-refractivity contribution < 1.29 is 4.79 Å². The normalized spacial score (nSPS) is 14.6. The molecule has 0 radical (unpaired) electrons. The van der Waals surface area contributed by atoms with Crippen LogP contribution in [0.25, 0.3) is 11.1 Å². The summed E-state index contributed by atoms with van der Waals surface area (Å²) in [5.41, 5.74) is 3.09. The van der Waals surface area contributed by atoms with Gasteiger partial charge in [-0.2, -0.15) is 5.01 Å². The van der Waals surface area contributed by atoms with E-state index in [1.54, 1.807) is 24.3 Å². The standard InChI is InChI=1S/C16H11Cl4N3O2/c17-3-4-23(22-25)16(24)21-15-11-5-8(18)1-2-10(11)14-12(15)6-9(19)7-13(14)20/h1-2,5-7,15H,3-4H2,(H,21,24). The van der Waals surface area contributed by atoms with Gasteiger partial charge in [0.25, 0.3) is 0 Å². The van der Waals surface area contributed by atoms with Crippen molar-refractivity contribution in [1.29, 1.82) is 0 Å². The molecule has 0 heterocycles. The molecule has 1 unspecified atom stereocenters. The zero-order chi connectivity index (χ0) is 18.1. The first-order valence-electron chi connectivity index (χ1n) is 7.22. The van der Waals surface area contributed by atoms with Crippen molar-refractivity contribution in [3.05, 3.63) is 61.4 Å². The number of halogens is 4. The van der Waals surface area contributed by atoms with Gasteiger partial charge in [0.05, 0.1) is 22.9 Å². The Morgan fingerprint density at radius 3 is 2.52 bits per heavy atom. The van der Waals surface area contributed by atoms with Gasteiger partial charge in [-0.3, -0.25) is 0 Å². The number of alkyl halides is 1. The second-order valence-electron chi connectivity index (χ2n) is 5.36. The Hall–Kier alpha value is -1.53. The van der Waals surface area contributed by atoms with Crippen LogP contribution in [0.1, 0.15) is 17.2 Å². The van der Waals surface area contributed by atoms with Gasteiger partial charge < -0.3 is 5.32 Å². The molecule has 1 N–H and O–H groups in total. The van der Waals surface area contributed by atoms with Crippen LogP contribution in [0.4, 0.5) is 4.79 Å². The van der Waals surface area contributed by atoms with Crippen LogP contribution >= 0.6 is 46.4 Å². The van der Waals surface area contributed by atoms with Crippen LogP contribution in [0.2, 0.25) is 15.1 Å². The number of urea groups is 1. The predicted octanol–water partition coefficient (Wildman–Crippen LogP) is 5.65. The van der Waals surface area contributed by atoms with Gasteiger partial charge in [-0.1, -0.05) is 40.9 Å². The van der Waals surface area contributed by atoms with E-state index in [2.05, 4.69) is 10.6 Å². The second kappa shape index (κ2) is 7.38. The molecular formula is C16H11Cl4N3O2. The lowest BCUT2D eigenvalue weighted by atomic mass is 10.1. The van der Waals surface area contributed by atoms with E-state index in [1.165, 1.54) is 0 Å². The Kier molecular flexibility index (Phi) is 5.39. The summed E-state index contributed by atoms with van der Waals surface area (Å²) in [5.74, 6) is 0.0838. The Balaban J connectivity index is 2.07. The molecule has 130 valence electrons. The molecule has 0 aromatic heterocycles. The van der Waals surface area contributed by atoms with Crippen molar-refractivity contribution in [3.63, 3.8) is 0 Å². The van der Waals surface area contributed by atoms with Crippen LogP contribution in [0.5, 0.6) is 0 Å². The van der Waals surface area contributed by atoms with Crippen molar-refractivity contribution in [3.8, 4) is 11.1 Å². The SMILES string of the molecule is O=NN(CCCl)C(=O)NC1c2cc(Cl)ccc2-c2c(Cl)cc(Cl)cc21. The third kappa shape index (κ3) is 3.42. The topological polar surface area (TPSA) is 61.8 Å². The molecular weight excluding hydrogens is 408 g/mol. The zero-order valence-electron chi connectivity index (χ0n) is 12.6. The molecule has 25 heavy (non-hydrogen) atoms. The molecule has 1 aliphatic carbocycles. The van der Waals surface area contributed by atoms with E-state index in [0.717, 1.165) is 27.3 Å². The monoisotopic (exact) mass is 417 g/mol. The molecule has 0 bridgehead atoms. The van der Waals surface area contributed by atoms with Crippen LogP contribution in [0, 0.1) is 4.91 Å². The number of nitrogens with zero attached hydrogens (tertiary/aromatic N) is 2. The molecule has 2 aromatic carbocycles. The first-order chi connectivity index (χ1) is 12.0. The van der Waals surface area contributed by atoms with Crippen molar-refractivity contribution >= 4 is 52.4 Å². The van der Waals surface area contributed by atoms with Crippen molar-refractivity contribution in [1.82, 2.24) is 10.3 Å². The number of nitrogens with one attached hydrogen (secondary N) is 1. The van der Waals surface area contributed by atoms with Crippen LogP contribution in [0.3, 0.4) is 0 Å². The molecule has 2 amide bonds. The van der Waals surface area contributed by atoms with Crippen molar-refractivity contribution in [2.24, 2.45) is 5.29 Å². The van der Waals surface area contributed by atoms with E-state index in [-0.39, 0.29) is 12.4 Å². The highest BCUT2D eigenvalue weighted by Crippen LogP contribution is 2.48. The molecule has 0 spiro atoms. The molecule has 5 nitrogen and oxygen atoms in total. The van der Waals surface area contributed by atoms with Gasteiger partial charge in [0, 0.05) is 21.5 Å². The summed E-state index contributed by atoms with van der Waals surface area (Å²) < 4.78 is 0. The Morgan fingerprint density at radius 1 is 1.12 bits per heavy atom. The Bertz CT molecular complexity index is 860. The minimum absolute atomic E-state index is 0.00479. The number of carbonyl (C=O) groups excluding carboxylic acids is 1. The molecule has 2 aromatic rings. The van der Waals surface area contributed by atoms with E-state index in [4.69, 9.17) is 46.4 Å². The van der Waals surface area contributed by atoms with Gasteiger partial charge in [-0.25, -0.2) is 4.79 Å². The quantitative estimate of drug-likeness (QED) is 0.396. The summed E-state index contributed by atoms with van der Waals surface area (Å²) in [6.45, 7) is -0.00479. The summed E-state index contributed by atoms with van der Waals surface area (Å²) in [6, 6.07) is 7.44. The van der Waals surface area contributed by atoms with Crippen LogP contribution in [-0.2, 0) is 0 Å². The molecule has 0 saturated heterocycles. The van der Waals surface area contributed by atoms with Gasteiger partial charge in [0.2, 0.25) is 0 Å². The average Bonchev–Trinajstić information content (AvgIpc) is 2.86. The number of nitroso groups, excluding NO2 is 1. The number of fused-ring (bicyclic) bond motifs is 3. The highest BCUT2D eigenvalue weighted by atomic mass is 35.5. The fourth-order valence-electron chi connectivity index (χ4n) is 2.89. The number of hydrogen-bond acceptors (Lipinski definition) is 3. The molecule has 0 aliphatic heterocycles. The zero-order valence-corrected chi connectivity index (χ0v) is 15.6. The maximum absolute atomic E-state index is 12.4. The van der Waals surface area contributed by atoms with E-state index < -0.39 is 12.1 Å². The summed E-state index contributed by atoms with van der Waals surface area (Å²) in [6.07, 6.45) is 0. The van der Waals surface area contributed by atoms with E-state index in [1.807, 2.05) is 6.07 Å². The van der Waals surface area contributed by atoms with Gasteiger partial charge in [0.15, 0.2) is 0 Å². The van der Waals surface area contributed by atoms with Crippen molar-refractivity contribution in [2.75, 3.05) is 12.4 Å². The maximum atomic E-state index is 12.4. The minimum atomic E-state index is -0.671. The number of amides is 2. The molecule has 1 atom stereocenters. The molecule has 0 fully saturated rings. The van der Waals surface area contributed by atoms with Gasteiger partial charge >= 0.3 is 6.03 Å². The lowest BCUT2D eigenvalue weighted by molar-refractivity contribution is 0.200. The van der Waals surface area contributed by atoms with Crippen LogP contribution < -0.4 is 5.32 Å². The first-order valence-corrected chi connectivity index (χ1v) is 8.89. The fourth-order valence-corrected chi connectivity index (χ4v) is 3.84. The fraction of sp³-hybridized carbons (Fsp3) is 0.188. The van der Waals surface area contributed by atoms with Gasteiger partial charge in [-0.15, -0.1) is 16.5 Å². The van der Waals surface area contributed by atoms with Crippen LogP contribution in [-0.4, -0.2) is 23.5 Å². The Labute approximate surface area is 163 Å². The summed E-state index contributed by atoms with van der Waals surface area (Å²) in [4.78, 5) is 23.2. The molecule has 1 aliphatic rings. The number of carbonyl (C=O) groups is 1. The predicted molar refractivity (Wildman–Crippen MR) is 101 cm³/mol. The van der Waals surface area contributed by atoms with Gasteiger partial charge in [0.1, 0.15) is 0 Å². The number of hydrogen-bond donors (Lipinski definition) is 1. The molecule has 3 rings (SSSR count). The average molecular weight is 419 g/mol. The number of rotatable bonds is 4. The first kappa shape index (κ1) is 18.3. The number of benzene rings is 2. The summed E-state index contributed by atoms with van der Waals surface area (Å²) in [7, 11) is 0. The lowest BCUT2D eigenvalue weighted by Gasteiger charge is -2.19. The maximum Gasteiger partial charge on any atom is 0.341 e. The molecule has 0 saturated carbocycles. The highest BCUT2D eigenvalue weighted by molar-refractivity contribution is 6.37.